The molecular formula is C25H26FN3O3S. The second-order valence-electron chi connectivity index (χ2n) is 8.01. The summed E-state index contributed by atoms with van der Waals surface area (Å²) in [6.45, 7) is 2.79. The van der Waals surface area contributed by atoms with Crippen molar-refractivity contribution in [2.75, 3.05) is 38.1 Å². The molecule has 0 aliphatic carbocycles. The predicted molar refractivity (Wildman–Crippen MR) is 126 cm³/mol. The van der Waals surface area contributed by atoms with E-state index in [-0.39, 0.29) is 16.1 Å². The first kappa shape index (κ1) is 23.1. The first-order chi connectivity index (χ1) is 15.9. The second kappa shape index (κ2) is 9.82. The van der Waals surface area contributed by atoms with E-state index in [1.54, 1.807) is 18.2 Å². The van der Waals surface area contributed by atoms with E-state index in [0.717, 1.165) is 6.54 Å². The standard InChI is InChI=1S/C25H26FN3O3S/c1-27(24-13-6-5-12-23(24)26)25(30)21-10-7-11-22(18-21)33(31,32)29-16-14-28(15-17-29)19-20-8-3-2-4-9-20/h2-13,18H,14-17,19H2,1H3. The molecule has 0 radical (unpaired) electrons. The smallest absolute Gasteiger partial charge is 0.258 e. The number of carbonyl (C=O) groups is 1. The Kier molecular flexibility index (Phi) is 6.88. The van der Waals surface area contributed by atoms with Crippen molar-refractivity contribution in [2.45, 2.75) is 11.4 Å². The lowest BCUT2D eigenvalue weighted by Crippen LogP contribution is -2.48. The summed E-state index contributed by atoms with van der Waals surface area (Å²) in [5, 5.41) is 0. The van der Waals surface area contributed by atoms with Crippen molar-refractivity contribution in [1.29, 1.82) is 0 Å². The van der Waals surface area contributed by atoms with Crippen LogP contribution in [0.1, 0.15) is 15.9 Å². The molecule has 172 valence electrons. The largest absolute Gasteiger partial charge is 0.309 e. The molecule has 1 aliphatic heterocycles. The van der Waals surface area contributed by atoms with Crippen LogP contribution in [-0.2, 0) is 16.6 Å². The van der Waals surface area contributed by atoms with Gasteiger partial charge < -0.3 is 4.90 Å². The van der Waals surface area contributed by atoms with Gasteiger partial charge in [-0.15, -0.1) is 0 Å². The van der Waals surface area contributed by atoms with Crippen LogP contribution in [0.4, 0.5) is 10.1 Å². The molecule has 0 N–H and O–H groups in total. The number of rotatable bonds is 6. The molecule has 33 heavy (non-hydrogen) atoms. The third-order valence-corrected chi connectivity index (χ3v) is 7.71. The molecule has 6 nitrogen and oxygen atoms in total. The zero-order valence-corrected chi connectivity index (χ0v) is 19.2. The molecule has 0 saturated carbocycles. The van der Waals surface area contributed by atoms with Crippen LogP contribution in [0.2, 0.25) is 0 Å². The molecule has 1 amide bonds. The highest BCUT2D eigenvalue weighted by atomic mass is 32.2. The van der Waals surface area contributed by atoms with Crippen LogP contribution in [0.5, 0.6) is 0 Å². The maximum Gasteiger partial charge on any atom is 0.258 e. The van der Waals surface area contributed by atoms with E-state index in [1.807, 2.05) is 18.2 Å². The van der Waals surface area contributed by atoms with Crippen molar-refractivity contribution in [3.05, 3.63) is 95.8 Å². The quantitative estimate of drug-likeness (QED) is 0.556. The lowest BCUT2D eigenvalue weighted by molar-refractivity contribution is 0.0992. The highest BCUT2D eigenvalue weighted by Crippen LogP contribution is 2.23. The number of hydrogen-bond acceptors (Lipinski definition) is 4. The Morgan fingerprint density at radius 2 is 1.58 bits per heavy atom. The van der Waals surface area contributed by atoms with E-state index >= 15 is 0 Å². The summed E-state index contributed by atoms with van der Waals surface area (Å²) in [6.07, 6.45) is 0. The summed E-state index contributed by atoms with van der Waals surface area (Å²) in [6, 6.07) is 22.0. The van der Waals surface area contributed by atoms with Gasteiger partial charge in [-0.3, -0.25) is 9.69 Å². The molecule has 1 saturated heterocycles. The van der Waals surface area contributed by atoms with E-state index in [4.69, 9.17) is 0 Å². The van der Waals surface area contributed by atoms with Gasteiger partial charge in [0.25, 0.3) is 5.91 Å². The lowest BCUT2D eigenvalue weighted by atomic mass is 10.2. The molecule has 1 heterocycles. The van der Waals surface area contributed by atoms with E-state index in [2.05, 4.69) is 17.0 Å². The summed E-state index contributed by atoms with van der Waals surface area (Å²) < 4.78 is 42.0. The summed E-state index contributed by atoms with van der Waals surface area (Å²) >= 11 is 0. The number of nitrogens with zero attached hydrogens (tertiary/aromatic N) is 3. The summed E-state index contributed by atoms with van der Waals surface area (Å²) in [5.41, 5.74) is 1.51. The Morgan fingerprint density at radius 3 is 2.27 bits per heavy atom. The van der Waals surface area contributed by atoms with E-state index < -0.39 is 21.7 Å². The molecule has 0 bridgehead atoms. The molecule has 0 atom stereocenters. The van der Waals surface area contributed by atoms with Gasteiger partial charge in [-0.05, 0) is 35.9 Å². The van der Waals surface area contributed by atoms with Crippen LogP contribution >= 0.6 is 0 Å². The molecular weight excluding hydrogens is 441 g/mol. The minimum absolute atomic E-state index is 0.0618. The Balaban J connectivity index is 1.46. The number of carbonyl (C=O) groups excluding carboxylic acids is 1. The van der Waals surface area contributed by atoms with Crippen LogP contribution < -0.4 is 4.90 Å². The molecule has 0 aromatic heterocycles. The summed E-state index contributed by atoms with van der Waals surface area (Å²) in [5.74, 6) is -1.00. The zero-order valence-electron chi connectivity index (χ0n) is 18.4. The summed E-state index contributed by atoms with van der Waals surface area (Å²) in [7, 11) is -2.28. The molecule has 3 aromatic rings. The minimum Gasteiger partial charge on any atom is -0.309 e. The first-order valence-electron chi connectivity index (χ1n) is 10.8. The molecule has 4 rings (SSSR count). The minimum atomic E-state index is -3.75. The van der Waals surface area contributed by atoms with Crippen molar-refractivity contribution >= 4 is 21.6 Å². The number of para-hydroxylation sites is 1. The zero-order chi connectivity index (χ0) is 23.4. The number of amides is 1. The van der Waals surface area contributed by atoms with Crippen LogP contribution in [0, 0.1) is 5.82 Å². The third-order valence-electron chi connectivity index (χ3n) is 5.82. The van der Waals surface area contributed by atoms with Crippen LogP contribution in [0.3, 0.4) is 0 Å². The number of halogens is 1. The monoisotopic (exact) mass is 467 g/mol. The fourth-order valence-electron chi connectivity index (χ4n) is 3.94. The van der Waals surface area contributed by atoms with Crippen molar-refractivity contribution in [3.63, 3.8) is 0 Å². The average molecular weight is 468 g/mol. The van der Waals surface area contributed by atoms with Crippen molar-refractivity contribution < 1.29 is 17.6 Å². The van der Waals surface area contributed by atoms with Gasteiger partial charge in [-0.25, -0.2) is 12.8 Å². The number of anilines is 1. The van der Waals surface area contributed by atoms with Crippen LogP contribution in [0.25, 0.3) is 0 Å². The van der Waals surface area contributed by atoms with Crippen molar-refractivity contribution in [1.82, 2.24) is 9.21 Å². The van der Waals surface area contributed by atoms with Crippen LogP contribution in [0.15, 0.2) is 83.8 Å². The molecule has 3 aromatic carbocycles. The predicted octanol–water partition coefficient (Wildman–Crippen LogP) is 3.61. The van der Waals surface area contributed by atoms with Gasteiger partial charge in [-0.1, -0.05) is 48.5 Å². The average Bonchev–Trinajstić information content (AvgIpc) is 2.84. The number of piperazine rings is 1. The molecule has 0 unspecified atom stereocenters. The topological polar surface area (TPSA) is 60.9 Å². The normalized spacial score (nSPS) is 15.3. The maximum absolute atomic E-state index is 14.1. The summed E-state index contributed by atoms with van der Waals surface area (Å²) in [4.78, 5) is 16.4. The molecule has 1 fully saturated rings. The van der Waals surface area contributed by atoms with Gasteiger partial charge in [0, 0.05) is 45.3 Å². The van der Waals surface area contributed by atoms with Gasteiger partial charge in [-0.2, -0.15) is 4.31 Å². The molecule has 1 aliphatic rings. The highest BCUT2D eigenvalue weighted by molar-refractivity contribution is 7.89. The van der Waals surface area contributed by atoms with Crippen molar-refractivity contribution in [3.8, 4) is 0 Å². The van der Waals surface area contributed by atoms with E-state index in [0.29, 0.717) is 26.2 Å². The third kappa shape index (κ3) is 5.13. The molecule has 8 heteroatoms. The number of sulfonamides is 1. The van der Waals surface area contributed by atoms with Crippen LogP contribution in [-0.4, -0.2) is 56.8 Å². The maximum atomic E-state index is 14.1. The fourth-order valence-corrected chi connectivity index (χ4v) is 5.40. The van der Waals surface area contributed by atoms with Gasteiger partial charge >= 0.3 is 0 Å². The first-order valence-corrected chi connectivity index (χ1v) is 12.2. The molecule has 0 spiro atoms. The Hall–Kier alpha value is -3.07. The van der Waals surface area contributed by atoms with E-state index in [1.165, 1.54) is 52.1 Å². The Labute approximate surface area is 193 Å². The fraction of sp³-hybridized carbons (Fsp3) is 0.240. The van der Waals surface area contributed by atoms with Gasteiger partial charge in [0.2, 0.25) is 10.0 Å². The van der Waals surface area contributed by atoms with Crippen molar-refractivity contribution in [2.24, 2.45) is 0 Å². The SMILES string of the molecule is CN(C(=O)c1cccc(S(=O)(=O)N2CCN(Cc3ccccc3)CC2)c1)c1ccccc1F. The number of hydrogen-bond donors (Lipinski definition) is 0. The number of benzene rings is 3. The Bertz CT molecular complexity index is 1230. The second-order valence-corrected chi connectivity index (χ2v) is 9.95. The van der Waals surface area contributed by atoms with Gasteiger partial charge in [0.05, 0.1) is 10.6 Å². The highest BCUT2D eigenvalue weighted by Gasteiger charge is 2.29. The van der Waals surface area contributed by atoms with Gasteiger partial charge in [0.1, 0.15) is 5.82 Å². The van der Waals surface area contributed by atoms with E-state index in [9.17, 15) is 17.6 Å². The Morgan fingerprint density at radius 1 is 0.909 bits per heavy atom. The lowest BCUT2D eigenvalue weighted by Gasteiger charge is -2.34. The van der Waals surface area contributed by atoms with Gasteiger partial charge in [0.15, 0.2) is 0 Å².